The summed E-state index contributed by atoms with van der Waals surface area (Å²) in [4.78, 5) is 76.1. The molecule has 1 aromatic rings. The molecule has 14 heteroatoms. The first-order chi connectivity index (χ1) is 20.5. The normalized spacial score (nSPS) is 14.4. The van der Waals surface area contributed by atoms with Gasteiger partial charge in [-0.3, -0.25) is 28.8 Å². The first kappa shape index (κ1) is 37.8. The predicted molar refractivity (Wildman–Crippen MR) is 168 cm³/mol. The van der Waals surface area contributed by atoms with Crippen molar-refractivity contribution in [2.75, 3.05) is 19.4 Å². The standard InChI is InChI=1S/C30H50N8O6/c1-9-15-30(6,29(3,4)5)23(10-2)36-24(40)18-38-16-11-12-20(28(38)44)35-25(41)19(13-14-22(39)27(43)33-7)34-26(42)21(17-31)37(8)32/h11-12,16-17,19,23H,9-10,13-15,18,31-32H2,1-8H3,(H,33,43)(H,34,42)(H,35,41)(H,36,40)/b21-17-. The molecule has 0 aliphatic heterocycles. The lowest BCUT2D eigenvalue weighted by Gasteiger charge is -2.48. The van der Waals surface area contributed by atoms with E-state index in [1.54, 1.807) is 0 Å². The molecule has 0 aromatic carbocycles. The highest BCUT2D eigenvalue weighted by molar-refractivity contribution is 6.36. The number of hydrogen-bond acceptors (Lipinski definition) is 9. The van der Waals surface area contributed by atoms with Crippen molar-refractivity contribution in [2.45, 2.75) is 92.3 Å². The molecular weight excluding hydrogens is 568 g/mol. The van der Waals surface area contributed by atoms with Gasteiger partial charge in [0, 0.05) is 39.0 Å². The Balaban J connectivity index is 3.21. The number of nitrogens with zero attached hydrogens (tertiary/aromatic N) is 2. The Kier molecular flexibility index (Phi) is 14.3. The Bertz CT molecular complexity index is 1280. The molecule has 44 heavy (non-hydrogen) atoms. The van der Waals surface area contributed by atoms with Crippen molar-refractivity contribution >= 4 is 35.1 Å². The Morgan fingerprint density at radius 2 is 1.70 bits per heavy atom. The molecule has 0 spiro atoms. The number of nitrogens with two attached hydrogens (primary N) is 2. The molecule has 0 aliphatic carbocycles. The molecule has 8 N–H and O–H groups in total. The molecule has 4 amide bonds. The minimum atomic E-state index is -1.35. The van der Waals surface area contributed by atoms with Crippen LogP contribution in [0.1, 0.15) is 73.6 Å². The summed E-state index contributed by atoms with van der Waals surface area (Å²) in [5.41, 5.74) is 4.24. The largest absolute Gasteiger partial charge is 0.403 e. The zero-order valence-electron chi connectivity index (χ0n) is 27.2. The number of carbonyl (C=O) groups excluding carboxylic acids is 5. The van der Waals surface area contributed by atoms with Gasteiger partial charge in [0.15, 0.2) is 0 Å². The van der Waals surface area contributed by atoms with Crippen LogP contribution in [0, 0.1) is 10.8 Å². The summed E-state index contributed by atoms with van der Waals surface area (Å²) in [5, 5.41) is 11.2. The second-order valence-electron chi connectivity index (χ2n) is 12.0. The number of carbonyl (C=O) groups is 5. The van der Waals surface area contributed by atoms with Crippen LogP contribution in [0.2, 0.25) is 0 Å². The fourth-order valence-electron chi connectivity index (χ4n) is 5.06. The molecule has 1 aromatic heterocycles. The van der Waals surface area contributed by atoms with Gasteiger partial charge in [0.2, 0.25) is 17.6 Å². The molecular formula is C30H50N8O6. The maximum Gasteiger partial charge on any atom is 0.287 e. The van der Waals surface area contributed by atoms with E-state index in [2.05, 4.69) is 55.9 Å². The number of likely N-dealkylation sites (N-methyl/N-ethyl adjacent to an activating group) is 2. The average Bonchev–Trinajstić information content (AvgIpc) is 2.94. The molecule has 0 fully saturated rings. The predicted octanol–water partition coefficient (Wildman–Crippen LogP) is 0.720. The SMILES string of the molecule is CCCC(C)(C(CC)NC(=O)Cn1cccc(NC(=O)C(CCC(=O)C(=O)NC)NC(=O)/C(=C/N)N(C)N)c1=O)C(C)(C)C. The number of ketones is 1. The first-order valence-corrected chi connectivity index (χ1v) is 14.7. The van der Waals surface area contributed by atoms with Gasteiger partial charge in [0.05, 0.1) is 0 Å². The molecule has 3 unspecified atom stereocenters. The van der Waals surface area contributed by atoms with Crippen LogP contribution in [0.4, 0.5) is 5.69 Å². The van der Waals surface area contributed by atoms with Crippen LogP contribution in [0.5, 0.6) is 0 Å². The highest BCUT2D eigenvalue weighted by atomic mass is 16.2. The Morgan fingerprint density at radius 3 is 2.20 bits per heavy atom. The summed E-state index contributed by atoms with van der Waals surface area (Å²) < 4.78 is 1.17. The van der Waals surface area contributed by atoms with E-state index < -0.39 is 35.1 Å². The van der Waals surface area contributed by atoms with Gasteiger partial charge in [-0.25, -0.2) is 5.84 Å². The Labute approximate surface area is 259 Å². The molecule has 3 atom stereocenters. The summed E-state index contributed by atoms with van der Waals surface area (Å²) in [6, 6.07) is 1.38. The summed E-state index contributed by atoms with van der Waals surface area (Å²) in [5.74, 6) is 1.97. The summed E-state index contributed by atoms with van der Waals surface area (Å²) in [6.07, 6.45) is 4.31. The molecule has 0 bridgehead atoms. The molecule has 1 rings (SSSR count). The first-order valence-electron chi connectivity index (χ1n) is 14.7. The number of Topliss-reactive ketones (excluding diaryl/α,β-unsaturated/α-hetero) is 1. The molecule has 0 saturated carbocycles. The number of anilines is 1. The van der Waals surface area contributed by atoms with Gasteiger partial charge < -0.3 is 36.6 Å². The van der Waals surface area contributed by atoms with Crippen LogP contribution < -0.4 is 38.4 Å². The number of amides is 4. The number of hydrogen-bond donors (Lipinski definition) is 6. The number of hydrazine groups is 1. The van der Waals surface area contributed by atoms with Crippen molar-refractivity contribution < 1.29 is 24.0 Å². The van der Waals surface area contributed by atoms with E-state index in [4.69, 9.17) is 11.6 Å². The fourth-order valence-corrected chi connectivity index (χ4v) is 5.06. The number of rotatable bonds is 16. The number of aromatic nitrogens is 1. The van der Waals surface area contributed by atoms with Crippen LogP contribution in [0.3, 0.4) is 0 Å². The van der Waals surface area contributed by atoms with E-state index in [0.29, 0.717) is 6.42 Å². The van der Waals surface area contributed by atoms with E-state index in [9.17, 15) is 28.8 Å². The lowest BCUT2D eigenvalue weighted by atomic mass is 9.60. The third-order valence-electron chi connectivity index (χ3n) is 8.12. The van der Waals surface area contributed by atoms with Crippen molar-refractivity contribution in [1.29, 1.82) is 0 Å². The average molecular weight is 619 g/mol. The molecule has 0 radical (unpaired) electrons. The minimum Gasteiger partial charge on any atom is -0.403 e. The Morgan fingerprint density at radius 1 is 1.07 bits per heavy atom. The second kappa shape index (κ2) is 16.6. The van der Waals surface area contributed by atoms with E-state index in [0.717, 1.165) is 24.1 Å². The monoisotopic (exact) mass is 618 g/mol. The maximum atomic E-state index is 13.3. The summed E-state index contributed by atoms with van der Waals surface area (Å²) in [7, 11) is 2.65. The van der Waals surface area contributed by atoms with Crippen LogP contribution in [0.15, 0.2) is 35.0 Å². The quantitative estimate of drug-likeness (QED) is 0.0666. The molecule has 1 heterocycles. The van der Waals surface area contributed by atoms with Crippen molar-refractivity contribution in [3.63, 3.8) is 0 Å². The van der Waals surface area contributed by atoms with E-state index >= 15 is 0 Å². The van der Waals surface area contributed by atoms with E-state index in [-0.39, 0.29) is 53.5 Å². The van der Waals surface area contributed by atoms with Crippen LogP contribution in [-0.2, 0) is 30.5 Å². The highest BCUT2D eigenvalue weighted by Crippen LogP contribution is 2.46. The van der Waals surface area contributed by atoms with Crippen molar-refractivity contribution in [2.24, 2.45) is 22.4 Å². The minimum absolute atomic E-state index is 0.0881. The van der Waals surface area contributed by atoms with Gasteiger partial charge in [-0.15, -0.1) is 0 Å². The topological polar surface area (TPSA) is 211 Å². The second-order valence-corrected chi connectivity index (χ2v) is 12.0. The lowest BCUT2D eigenvalue weighted by Crippen LogP contribution is -2.53. The lowest BCUT2D eigenvalue weighted by molar-refractivity contribution is -0.137. The van der Waals surface area contributed by atoms with Gasteiger partial charge in [-0.1, -0.05) is 48.0 Å². The van der Waals surface area contributed by atoms with Crippen molar-refractivity contribution in [1.82, 2.24) is 25.5 Å². The van der Waals surface area contributed by atoms with Crippen LogP contribution in [-0.4, -0.2) is 65.2 Å². The van der Waals surface area contributed by atoms with Gasteiger partial charge in [0.1, 0.15) is 24.0 Å². The van der Waals surface area contributed by atoms with Gasteiger partial charge in [-0.2, -0.15) is 0 Å². The summed E-state index contributed by atoms with van der Waals surface area (Å²) in [6.45, 7) is 12.5. The Hall–Kier alpha value is -4.20. The molecule has 0 aliphatic rings. The van der Waals surface area contributed by atoms with Crippen molar-refractivity contribution in [3.05, 3.63) is 40.6 Å². The van der Waals surface area contributed by atoms with E-state index in [1.165, 1.54) is 37.0 Å². The fraction of sp³-hybridized carbons (Fsp3) is 0.600. The van der Waals surface area contributed by atoms with Crippen molar-refractivity contribution in [3.8, 4) is 0 Å². The van der Waals surface area contributed by atoms with Gasteiger partial charge in [0.25, 0.3) is 17.4 Å². The third kappa shape index (κ3) is 9.93. The molecule has 0 saturated heterocycles. The van der Waals surface area contributed by atoms with Crippen LogP contribution in [0.25, 0.3) is 0 Å². The van der Waals surface area contributed by atoms with Crippen LogP contribution >= 0.6 is 0 Å². The molecule has 14 nitrogen and oxygen atoms in total. The zero-order valence-corrected chi connectivity index (χ0v) is 27.2. The molecule has 246 valence electrons. The van der Waals surface area contributed by atoms with Gasteiger partial charge in [-0.05, 0) is 42.2 Å². The number of nitrogens with one attached hydrogen (secondary N) is 4. The number of pyridine rings is 1. The maximum absolute atomic E-state index is 13.3. The third-order valence-corrected chi connectivity index (χ3v) is 8.12. The summed E-state index contributed by atoms with van der Waals surface area (Å²) >= 11 is 0. The van der Waals surface area contributed by atoms with E-state index in [1.807, 2.05) is 6.92 Å². The van der Waals surface area contributed by atoms with Gasteiger partial charge >= 0.3 is 0 Å². The smallest absolute Gasteiger partial charge is 0.287 e. The highest BCUT2D eigenvalue weighted by Gasteiger charge is 2.43. The zero-order chi connectivity index (χ0) is 33.8.